The first-order valence-corrected chi connectivity index (χ1v) is 7.60. The predicted octanol–water partition coefficient (Wildman–Crippen LogP) is 4.49. The molecule has 1 N–H and O–H groups in total. The minimum absolute atomic E-state index is 0. The summed E-state index contributed by atoms with van der Waals surface area (Å²) in [5, 5.41) is 3.44. The van der Waals surface area contributed by atoms with Gasteiger partial charge in [0.1, 0.15) is 0 Å². The van der Waals surface area contributed by atoms with E-state index in [1.165, 1.54) is 11.1 Å². The second kappa shape index (κ2) is 9.03. The highest BCUT2D eigenvalue weighted by Crippen LogP contribution is 2.36. The van der Waals surface area contributed by atoms with Crippen LogP contribution in [-0.4, -0.2) is 14.2 Å². The van der Waals surface area contributed by atoms with Crippen LogP contribution < -0.4 is 14.8 Å². The van der Waals surface area contributed by atoms with E-state index in [0.29, 0.717) is 0 Å². The highest BCUT2D eigenvalue weighted by atomic mass is 79.9. The molecule has 0 bridgehead atoms. The maximum absolute atomic E-state index is 5.35. The maximum Gasteiger partial charge on any atom is 0.174 e. The Morgan fingerprint density at radius 3 is 2.18 bits per heavy atom. The van der Waals surface area contributed by atoms with E-state index in [4.69, 9.17) is 9.47 Å². The molecule has 0 atom stereocenters. The summed E-state index contributed by atoms with van der Waals surface area (Å²) < 4.78 is 11.6. The third-order valence-corrected chi connectivity index (χ3v) is 3.86. The molecule has 0 spiro atoms. The van der Waals surface area contributed by atoms with E-state index in [0.717, 1.165) is 34.6 Å². The molecule has 3 nitrogen and oxygen atoms in total. The molecule has 0 saturated heterocycles. The molecule has 0 aliphatic carbocycles. The van der Waals surface area contributed by atoms with Gasteiger partial charge in [-0.2, -0.15) is 0 Å². The molecule has 2 aromatic rings. The van der Waals surface area contributed by atoms with Crippen molar-refractivity contribution in [1.29, 1.82) is 0 Å². The number of hydrogen-bond acceptors (Lipinski definition) is 3. The highest BCUT2D eigenvalue weighted by molar-refractivity contribution is 9.10. The lowest BCUT2D eigenvalue weighted by Crippen LogP contribution is -2.12. The van der Waals surface area contributed by atoms with Crippen LogP contribution in [0.1, 0.15) is 16.7 Å². The largest absolute Gasteiger partial charge is 0.493 e. The Morgan fingerprint density at radius 2 is 1.59 bits per heavy atom. The Bertz CT molecular complexity index is 602. The molecule has 0 heterocycles. The summed E-state index contributed by atoms with van der Waals surface area (Å²) in [6.07, 6.45) is 0. The van der Waals surface area contributed by atoms with Crippen LogP contribution in [0.3, 0.4) is 0 Å². The van der Waals surface area contributed by atoms with E-state index < -0.39 is 0 Å². The van der Waals surface area contributed by atoms with Crippen LogP contribution in [0.25, 0.3) is 0 Å². The zero-order chi connectivity index (χ0) is 15.2. The summed E-state index contributed by atoms with van der Waals surface area (Å²) >= 11 is 3.51. The number of halogens is 2. The Kier molecular flexibility index (Phi) is 7.73. The van der Waals surface area contributed by atoms with Crippen LogP contribution >= 0.6 is 28.3 Å². The van der Waals surface area contributed by atoms with Gasteiger partial charge in [-0.3, -0.25) is 0 Å². The molecule has 0 amide bonds. The quantitative estimate of drug-likeness (QED) is 0.793. The summed E-state index contributed by atoms with van der Waals surface area (Å²) in [5.74, 6) is 1.46. The Morgan fingerprint density at radius 1 is 0.955 bits per heavy atom. The van der Waals surface area contributed by atoms with Gasteiger partial charge in [0.2, 0.25) is 0 Å². The molecule has 0 aromatic heterocycles. The molecule has 120 valence electrons. The van der Waals surface area contributed by atoms with E-state index in [-0.39, 0.29) is 12.4 Å². The van der Waals surface area contributed by atoms with Crippen LogP contribution in [0.5, 0.6) is 11.5 Å². The van der Waals surface area contributed by atoms with Gasteiger partial charge < -0.3 is 14.8 Å². The van der Waals surface area contributed by atoms with Crippen molar-refractivity contribution in [3.05, 3.63) is 57.6 Å². The summed E-state index contributed by atoms with van der Waals surface area (Å²) in [4.78, 5) is 0. The number of benzene rings is 2. The third-order valence-electron chi connectivity index (χ3n) is 3.27. The summed E-state index contributed by atoms with van der Waals surface area (Å²) in [7, 11) is 3.28. The van der Waals surface area contributed by atoms with Crippen molar-refractivity contribution in [1.82, 2.24) is 5.32 Å². The minimum atomic E-state index is 0. The molecule has 5 heteroatoms. The van der Waals surface area contributed by atoms with Gasteiger partial charge in [-0.05, 0) is 46.1 Å². The van der Waals surface area contributed by atoms with Gasteiger partial charge in [0.15, 0.2) is 11.5 Å². The van der Waals surface area contributed by atoms with Crippen molar-refractivity contribution >= 4 is 28.3 Å². The van der Waals surface area contributed by atoms with Crippen molar-refractivity contribution in [2.24, 2.45) is 0 Å². The zero-order valence-electron chi connectivity index (χ0n) is 13.0. The lowest BCUT2D eigenvalue weighted by Gasteiger charge is -2.12. The number of aryl methyl sites for hydroxylation is 1. The van der Waals surface area contributed by atoms with Crippen LogP contribution in [0.2, 0.25) is 0 Å². The molecule has 0 radical (unpaired) electrons. The number of rotatable bonds is 6. The second-order valence-corrected chi connectivity index (χ2v) is 5.76. The first-order chi connectivity index (χ1) is 10.1. The van der Waals surface area contributed by atoms with Gasteiger partial charge in [-0.1, -0.05) is 29.8 Å². The molecule has 2 aromatic carbocycles. The van der Waals surface area contributed by atoms with Gasteiger partial charge in [-0.25, -0.2) is 0 Å². The number of hydrogen-bond donors (Lipinski definition) is 1. The third kappa shape index (κ3) is 4.90. The monoisotopic (exact) mass is 385 g/mol. The molecule has 2 rings (SSSR count). The average Bonchev–Trinajstić information content (AvgIpc) is 2.48. The van der Waals surface area contributed by atoms with E-state index in [1.807, 2.05) is 12.1 Å². The molecule has 0 unspecified atom stereocenters. The normalized spacial score (nSPS) is 10.0. The zero-order valence-corrected chi connectivity index (χ0v) is 15.4. The molecule has 0 aliphatic rings. The Balaban J connectivity index is 0.00000242. The molecule has 0 fully saturated rings. The maximum atomic E-state index is 5.35. The van der Waals surface area contributed by atoms with Crippen LogP contribution in [0, 0.1) is 6.92 Å². The summed E-state index contributed by atoms with van der Waals surface area (Å²) in [6, 6.07) is 12.6. The smallest absolute Gasteiger partial charge is 0.174 e. The van der Waals surface area contributed by atoms with Crippen molar-refractivity contribution in [3.63, 3.8) is 0 Å². The van der Waals surface area contributed by atoms with E-state index in [2.05, 4.69) is 52.4 Å². The first-order valence-electron chi connectivity index (χ1n) is 6.80. The molecule has 0 saturated carbocycles. The summed E-state index contributed by atoms with van der Waals surface area (Å²) in [6.45, 7) is 3.71. The van der Waals surface area contributed by atoms with Crippen molar-refractivity contribution in [3.8, 4) is 11.5 Å². The molecular formula is C17H21BrClNO2. The Labute approximate surface area is 146 Å². The topological polar surface area (TPSA) is 30.5 Å². The van der Waals surface area contributed by atoms with E-state index >= 15 is 0 Å². The van der Waals surface area contributed by atoms with Gasteiger partial charge in [-0.15, -0.1) is 12.4 Å². The number of nitrogens with one attached hydrogen (secondary N) is 1. The second-order valence-electron chi connectivity index (χ2n) is 4.90. The minimum Gasteiger partial charge on any atom is -0.493 e. The fourth-order valence-electron chi connectivity index (χ4n) is 2.13. The fourth-order valence-corrected chi connectivity index (χ4v) is 2.78. The van der Waals surface area contributed by atoms with Gasteiger partial charge >= 0.3 is 0 Å². The van der Waals surface area contributed by atoms with Gasteiger partial charge in [0.05, 0.1) is 18.7 Å². The van der Waals surface area contributed by atoms with E-state index in [9.17, 15) is 0 Å². The fraction of sp³-hybridized carbons (Fsp3) is 0.294. The van der Waals surface area contributed by atoms with Crippen molar-refractivity contribution in [2.45, 2.75) is 20.0 Å². The lowest BCUT2D eigenvalue weighted by molar-refractivity contribution is 0.352. The van der Waals surface area contributed by atoms with Crippen LogP contribution in [0.4, 0.5) is 0 Å². The standard InChI is InChI=1S/C17H20BrNO2.ClH/c1-12-4-6-13(7-5-12)10-19-11-14-8-15(18)17(21-3)16(9-14)20-2;/h4-9,19H,10-11H2,1-3H3;1H. The average molecular weight is 387 g/mol. The summed E-state index contributed by atoms with van der Waals surface area (Å²) in [5.41, 5.74) is 3.70. The predicted molar refractivity (Wildman–Crippen MR) is 96.2 cm³/mol. The van der Waals surface area contributed by atoms with E-state index in [1.54, 1.807) is 14.2 Å². The van der Waals surface area contributed by atoms with Gasteiger partial charge in [0, 0.05) is 13.1 Å². The van der Waals surface area contributed by atoms with Crippen LogP contribution in [-0.2, 0) is 13.1 Å². The first kappa shape index (κ1) is 18.8. The molecule has 0 aliphatic heterocycles. The lowest BCUT2D eigenvalue weighted by atomic mass is 10.1. The van der Waals surface area contributed by atoms with Crippen molar-refractivity contribution in [2.75, 3.05) is 14.2 Å². The van der Waals surface area contributed by atoms with Gasteiger partial charge in [0.25, 0.3) is 0 Å². The number of methoxy groups -OCH3 is 2. The highest BCUT2D eigenvalue weighted by Gasteiger charge is 2.10. The number of ether oxygens (including phenoxy) is 2. The SMILES string of the molecule is COc1cc(CNCc2ccc(C)cc2)cc(Br)c1OC.Cl. The van der Waals surface area contributed by atoms with Crippen molar-refractivity contribution < 1.29 is 9.47 Å². The Hall–Kier alpha value is -1.23. The molecular weight excluding hydrogens is 366 g/mol. The van der Waals surface area contributed by atoms with Crippen LogP contribution in [0.15, 0.2) is 40.9 Å². The molecule has 22 heavy (non-hydrogen) atoms.